The van der Waals surface area contributed by atoms with Crippen molar-refractivity contribution in [2.45, 2.75) is 26.4 Å². The lowest BCUT2D eigenvalue weighted by molar-refractivity contribution is -0.142. The minimum Gasteiger partial charge on any atom is -0.495 e. The molecule has 0 heterocycles. The van der Waals surface area contributed by atoms with Crippen molar-refractivity contribution in [2.75, 3.05) is 26.1 Å². The Labute approximate surface area is 139 Å². The normalized spacial score (nSPS) is 10.7. The number of hydrogen-bond acceptors (Lipinski definition) is 6. The predicted octanol–water partition coefficient (Wildman–Crippen LogP) is 3.25. The molecule has 0 atom stereocenters. The maximum atomic E-state index is 11.9. The van der Waals surface area contributed by atoms with Crippen molar-refractivity contribution >= 4 is 29.4 Å². The first-order valence-corrected chi connectivity index (χ1v) is 7.11. The van der Waals surface area contributed by atoms with Crippen LogP contribution in [-0.2, 0) is 14.3 Å². The van der Waals surface area contributed by atoms with Crippen molar-refractivity contribution in [1.29, 1.82) is 0 Å². The third-order valence-corrected chi connectivity index (χ3v) is 2.76. The van der Waals surface area contributed by atoms with Crippen LogP contribution in [0, 0.1) is 0 Å². The topological polar surface area (TPSA) is 83.1 Å². The lowest BCUT2D eigenvalue weighted by atomic mass is 10.2. The highest BCUT2D eigenvalue weighted by molar-refractivity contribution is 6.32. The summed E-state index contributed by atoms with van der Waals surface area (Å²) in [6.07, 6.45) is -0.679. The molecule has 0 aromatic heterocycles. The molecule has 0 saturated carbocycles. The van der Waals surface area contributed by atoms with Crippen molar-refractivity contribution in [3.05, 3.63) is 17.2 Å². The average Bonchev–Trinajstić information content (AvgIpc) is 2.43. The van der Waals surface area contributed by atoms with Crippen LogP contribution in [0.25, 0.3) is 0 Å². The second-order valence-electron chi connectivity index (χ2n) is 5.47. The molecule has 1 aromatic carbocycles. The summed E-state index contributed by atoms with van der Waals surface area (Å²) < 4.78 is 20.1. The third-order valence-electron chi connectivity index (χ3n) is 2.46. The molecule has 0 radical (unpaired) electrons. The molecule has 7 nitrogen and oxygen atoms in total. The number of carbonyl (C=O) groups is 2. The summed E-state index contributed by atoms with van der Waals surface area (Å²) in [5.41, 5.74) is -0.415. The fourth-order valence-corrected chi connectivity index (χ4v) is 1.76. The molecule has 0 aliphatic rings. The number of esters is 1. The number of rotatable bonds is 5. The van der Waals surface area contributed by atoms with E-state index in [1.165, 1.54) is 26.4 Å². The SMILES string of the molecule is COC(=O)COc1cc(OC)c(Cl)cc1NC(=O)OC(C)(C)C. The van der Waals surface area contributed by atoms with Gasteiger partial charge in [-0.05, 0) is 26.8 Å². The van der Waals surface area contributed by atoms with E-state index in [1.54, 1.807) is 20.8 Å². The number of benzene rings is 1. The summed E-state index contributed by atoms with van der Waals surface area (Å²) in [4.78, 5) is 23.1. The Morgan fingerprint density at radius 3 is 2.35 bits per heavy atom. The molecule has 0 aliphatic carbocycles. The number of methoxy groups -OCH3 is 2. The van der Waals surface area contributed by atoms with E-state index in [9.17, 15) is 9.59 Å². The Hall–Kier alpha value is -2.15. The smallest absolute Gasteiger partial charge is 0.412 e. The molecule has 0 aliphatic heterocycles. The summed E-state index contributed by atoms with van der Waals surface area (Å²) in [6.45, 7) is 4.89. The average molecular weight is 346 g/mol. The lowest BCUT2D eigenvalue weighted by Crippen LogP contribution is -2.27. The van der Waals surface area contributed by atoms with Gasteiger partial charge in [-0.1, -0.05) is 11.6 Å². The highest BCUT2D eigenvalue weighted by atomic mass is 35.5. The van der Waals surface area contributed by atoms with Crippen LogP contribution >= 0.6 is 11.6 Å². The summed E-state index contributed by atoms with van der Waals surface area (Å²) in [5, 5.41) is 2.79. The van der Waals surface area contributed by atoms with E-state index in [2.05, 4.69) is 10.1 Å². The van der Waals surface area contributed by atoms with E-state index < -0.39 is 17.7 Å². The maximum absolute atomic E-state index is 11.9. The Balaban J connectivity index is 3.00. The monoisotopic (exact) mass is 345 g/mol. The zero-order valence-corrected chi connectivity index (χ0v) is 14.4. The van der Waals surface area contributed by atoms with Crippen LogP contribution < -0.4 is 14.8 Å². The number of hydrogen-bond donors (Lipinski definition) is 1. The largest absolute Gasteiger partial charge is 0.495 e. The summed E-state index contributed by atoms with van der Waals surface area (Å²) in [7, 11) is 2.68. The summed E-state index contributed by atoms with van der Waals surface area (Å²) in [6, 6.07) is 2.90. The Morgan fingerprint density at radius 1 is 1.17 bits per heavy atom. The van der Waals surface area contributed by atoms with Crippen molar-refractivity contribution < 1.29 is 28.5 Å². The number of anilines is 1. The van der Waals surface area contributed by atoms with Crippen LogP contribution in [0.5, 0.6) is 11.5 Å². The molecular weight excluding hydrogens is 326 g/mol. The minimum atomic E-state index is -0.679. The van der Waals surface area contributed by atoms with Gasteiger partial charge in [0.05, 0.1) is 24.9 Å². The standard InChI is InChI=1S/C15H20ClNO6/c1-15(2,3)23-14(19)17-10-6-9(16)11(20-4)7-12(10)22-8-13(18)21-5/h6-7H,8H2,1-5H3,(H,17,19). The first-order valence-electron chi connectivity index (χ1n) is 6.73. The molecule has 0 saturated heterocycles. The molecular formula is C15H20ClNO6. The quantitative estimate of drug-likeness (QED) is 0.825. The van der Waals surface area contributed by atoms with Gasteiger partial charge >= 0.3 is 12.1 Å². The van der Waals surface area contributed by atoms with Crippen LogP contribution in [-0.4, -0.2) is 38.5 Å². The molecule has 23 heavy (non-hydrogen) atoms. The summed E-state index contributed by atoms with van der Waals surface area (Å²) in [5.74, 6) is -0.0362. The maximum Gasteiger partial charge on any atom is 0.412 e. The number of ether oxygens (including phenoxy) is 4. The number of amides is 1. The van der Waals surface area contributed by atoms with Crippen molar-refractivity contribution in [1.82, 2.24) is 0 Å². The molecule has 1 rings (SSSR count). The molecule has 128 valence electrons. The van der Waals surface area contributed by atoms with Crippen LogP contribution in [0.3, 0.4) is 0 Å². The van der Waals surface area contributed by atoms with E-state index >= 15 is 0 Å². The second-order valence-corrected chi connectivity index (χ2v) is 5.88. The molecule has 1 amide bonds. The lowest BCUT2D eigenvalue weighted by Gasteiger charge is -2.21. The van der Waals surface area contributed by atoms with Gasteiger partial charge in [0.2, 0.25) is 0 Å². The highest BCUT2D eigenvalue weighted by Crippen LogP contribution is 2.36. The molecule has 1 N–H and O–H groups in total. The van der Waals surface area contributed by atoms with Gasteiger partial charge in [-0.15, -0.1) is 0 Å². The zero-order valence-electron chi connectivity index (χ0n) is 13.7. The molecule has 0 fully saturated rings. The number of nitrogens with one attached hydrogen (secondary N) is 1. The zero-order chi connectivity index (χ0) is 17.6. The van der Waals surface area contributed by atoms with Crippen LogP contribution in [0.15, 0.2) is 12.1 Å². The van der Waals surface area contributed by atoms with Gasteiger partial charge in [-0.2, -0.15) is 0 Å². The predicted molar refractivity (Wildman–Crippen MR) is 85.4 cm³/mol. The first kappa shape index (κ1) is 18.9. The van der Waals surface area contributed by atoms with Gasteiger partial charge < -0.3 is 18.9 Å². The van der Waals surface area contributed by atoms with E-state index in [0.717, 1.165) is 0 Å². The molecule has 0 unspecified atom stereocenters. The van der Waals surface area contributed by atoms with Gasteiger partial charge in [0.1, 0.15) is 17.1 Å². The van der Waals surface area contributed by atoms with Crippen molar-refractivity contribution in [3.63, 3.8) is 0 Å². The van der Waals surface area contributed by atoms with E-state index in [1.807, 2.05) is 0 Å². The van der Waals surface area contributed by atoms with Crippen molar-refractivity contribution in [3.8, 4) is 11.5 Å². The van der Waals surface area contributed by atoms with Crippen molar-refractivity contribution in [2.24, 2.45) is 0 Å². The Morgan fingerprint density at radius 2 is 1.83 bits per heavy atom. The van der Waals surface area contributed by atoms with Gasteiger partial charge in [-0.3, -0.25) is 5.32 Å². The Bertz CT molecular complexity index is 582. The van der Waals surface area contributed by atoms with E-state index in [4.69, 9.17) is 25.8 Å². The number of halogens is 1. The number of carbonyl (C=O) groups excluding carboxylic acids is 2. The van der Waals surface area contributed by atoms with Gasteiger partial charge in [0, 0.05) is 6.07 Å². The molecule has 1 aromatic rings. The molecule has 0 spiro atoms. The molecule has 8 heteroatoms. The Kier molecular flexibility index (Phi) is 6.50. The van der Waals surface area contributed by atoms with E-state index in [-0.39, 0.29) is 23.1 Å². The first-order chi connectivity index (χ1) is 10.7. The van der Waals surface area contributed by atoms with Crippen LogP contribution in [0.1, 0.15) is 20.8 Å². The highest BCUT2D eigenvalue weighted by Gasteiger charge is 2.19. The molecule has 0 bridgehead atoms. The van der Waals surface area contributed by atoms with Gasteiger partial charge in [-0.25, -0.2) is 9.59 Å². The third kappa shape index (κ3) is 6.23. The van der Waals surface area contributed by atoms with Gasteiger partial charge in [0.25, 0.3) is 0 Å². The fraction of sp³-hybridized carbons (Fsp3) is 0.467. The van der Waals surface area contributed by atoms with Crippen LogP contribution in [0.2, 0.25) is 5.02 Å². The minimum absolute atomic E-state index is 0.197. The summed E-state index contributed by atoms with van der Waals surface area (Å²) >= 11 is 6.04. The van der Waals surface area contributed by atoms with E-state index in [0.29, 0.717) is 5.75 Å². The fourth-order valence-electron chi connectivity index (χ4n) is 1.52. The van der Waals surface area contributed by atoms with Gasteiger partial charge in [0.15, 0.2) is 6.61 Å². The van der Waals surface area contributed by atoms with Crippen LogP contribution in [0.4, 0.5) is 10.5 Å². The second kappa shape index (κ2) is 7.92.